The number of carbonyl (C=O) groups is 2. The number of anilines is 1. The van der Waals surface area contributed by atoms with E-state index in [1.54, 1.807) is 18.2 Å². The lowest BCUT2D eigenvalue weighted by Crippen LogP contribution is -2.21. The Labute approximate surface area is 170 Å². The predicted molar refractivity (Wildman–Crippen MR) is 108 cm³/mol. The number of halogens is 1. The summed E-state index contributed by atoms with van der Waals surface area (Å²) in [6.07, 6.45) is 1.45. The smallest absolute Gasteiger partial charge is 0.341 e. The number of benzene rings is 2. The number of pyridine rings is 1. The molecule has 0 unspecified atom stereocenters. The van der Waals surface area contributed by atoms with Crippen LogP contribution in [0.25, 0.3) is 21.9 Å². The Kier molecular flexibility index (Phi) is 5.05. The van der Waals surface area contributed by atoms with E-state index in [2.05, 4.69) is 10.3 Å². The molecule has 0 saturated carbocycles. The fraction of sp³-hybridized carbons (Fsp3) is 0.0952. The minimum absolute atomic E-state index is 0.00918. The molecule has 1 amide bonds. The summed E-state index contributed by atoms with van der Waals surface area (Å²) in [6, 6.07) is 14.1. The van der Waals surface area contributed by atoms with Crippen LogP contribution in [-0.4, -0.2) is 30.6 Å². The summed E-state index contributed by atoms with van der Waals surface area (Å²) in [5.74, 6) is -0.816. The zero-order valence-electron chi connectivity index (χ0n) is 15.3. The van der Waals surface area contributed by atoms with Crippen LogP contribution in [0.3, 0.4) is 0 Å². The highest BCUT2D eigenvalue weighted by molar-refractivity contribution is 6.32. The lowest BCUT2D eigenvalue weighted by atomic mass is 10.1. The molecule has 2 aromatic heterocycles. The highest BCUT2D eigenvalue weighted by Crippen LogP contribution is 2.36. The standard InChI is InChI=1S/C21H15ClN2O5/c1-27-18-9-14-12-5-2-3-7-16(12)29-17(14)10-15(18)24-19(25)11-28-21(26)13-6-4-8-23-20(13)22/h2-10H,11H2,1H3,(H,24,25). The lowest BCUT2D eigenvalue weighted by Gasteiger charge is -2.11. The van der Waals surface area contributed by atoms with Gasteiger partial charge in [0.25, 0.3) is 5.91 Å². The second-order valence-electron chi connectivity index (χ2n) is 6.11. The first kappa shape index (κ1) is 18.8. The van der Waals surface area contributed by atoms with Crippen LogP contribution in [0.1, 0.15) is 10.4 Å². The molecule has 0 bridgehead atoms. The van der Waals surface area contributed by atoms with Crippen molar-refractivity contribution in [2.75, 3.05) is 19.0 Å². The quantitative estimate of drug-likeness (QED) is 0.386. The first-order chi connectivity index (χ1) is 14.1. The molecule has 4 aromatic rings. The second-order valence-corrected chi connectivity index (χ2v) is 6.47. The number of amides is 1. The van der Waals surface area contributed by atoms with Crippen LogP contribution in [0.15, 0.2) is 59.1 Å². The van der Waals surface area contributed by atoms with E-state index in [1.807, 2.05) is 24.3 Å². The number of furan rings is 1. The number of esters is 1. The van der Waals surface area contributed by atoms with Gasteiger partial charge in [0.05, 0.1) is 18.4 Å². The zero-order chi connectivity index (χ0) is 20.4. The summed E-state index contributed by atoms with van der Waals surface area (Å²) in [6.45, 7) is -0.495. The normalized spacial score (nSPS) is 10.8. The first-order valence-corrected chi connectivity index (χ1v) is 9.01. The number of hydrogen-bond acceptors (Lipinski definition) is 6. The Morgan fingerprint density at radius 1 is 1.10 bits per heavy atom. The van der Waals surface area contributed by atoms with Crippen LogP contribution in [0.5, 0.6) is 5.75 Å². The van der Waals surface area contributed by atoms with Crippen LogP contribution in [0.4, 0.5) is 5.69 Å². The Morgan fingerprint density at radius 2 is 1.93 bits per heavy atom. The molecule has 2 aromatic carbocycles. The third kappa shape index (κ3) is 3.72. The first-order valence-electron chi connectivity index (χ1n) is 8.63. The summed E-state index contributed by atoms with van der Waals surface area (Å²) in [7, 11) is 1.50. The maximum Gasteiger partial charge on any atom is 0.341 e. The van der Waals surface area contributed by atoms with Crippen molar-refractivity contribution in [3.63, 3.8) is 0 Å². The molecule has 146 valence electrons. The van der Waals surface area contributed by atoms with E-state index >= 15 is 0 Å². The molecule has 0 radical (unpaired) electrons. The molecule has 2 heterocycles. The number of rotatable bonds is 5. The number of fused-ring (bicyclic) bond motifs is 3. The van der Waals surface area contributed by atoms with Crippen molar-refractivity contribution < 1.29 is 23.5 Å². The van der Waals surface area contributed by atoms with E-state index in [0.717, 1.165) is 16.4 Å². The van der Waals surface area contributed by atoms with E-state index in [0.29, 0.717) is 17.0 Å². The van der Waals surface area contributed by atoms with Crippen LogP contribution >= 0.6 is 11.6 Å². The fourth-order valence-corrected chi connectivity index (χ4v) is 3.15. The zero-order valence-corrected chi connectivity index (χ0v) is 16.0. The van der Waals surface area contributed by atoms with Crippen molar-refractivity contribution in [2.45, 2.75) is 0 Å². The molecule has 0 atom stereocenters. The predicted octanol–water partition coefficient (Wildman–Crippen LogP) is 4.44. The van der Waals surface area contributed by atoms with E-state index in [4.69, 9.17) is 25.5 Å². The molecule has 0 fully saturated rings. The van der Waals surface area contributed by atoms with E-state index < -0.39 is 18.5 Å². The second kappa shape index (κ2) is 7.81. The maximum absolute atomic E-state index is 12.3. The topological polar surface area (TPSA) is 90.7 Å². The summed E-state index contributed by atoms with van der Waals surface area (Å²) >= 11 is 5.85. The molecule has 7 nitrogen and oxygen atoms in total. The highest BCUT2D eigenvalue weighted by Gasteiger charge is 2.17. The van der Waals surface area contributed by atoms with Crippen LogP contribution in [0.2, 0.25) is 5.15 Å². The molecule has 8 heteroatoms. The lowest BCUT2D eigenvalue weighted by molar-refractivity contribution is -0.119. The average molecular weight is 411 g/mol. The third-order valence-corrected chi connectivity index (χ3v) is 4.59. The van der Waals surface area contributed by atoms with Gasteiger partial charge in [0.1, 0.15) is 22.1 Å². The van der Waals surface area contributed by atoms with Crippen molar-refractivity contribution in [3.8, 4) is 5.75 Å². The van der Waals surface area contributed by atoms with Crippen molar-refractivity contribution >= 4 is 51.1 Å². The molecule has 0 aliphatic rings. The molecule has 0 aliphatic heterocycles. The van der Waals surface area contributed by atoms with Crippen LogP contribution in [0, 0.1) is 0 Å². The van der Waals surface area contributed by atoms with Gasteiger partial charge >= 0.3 is 5.97 Å². The maximum atomic E-state index is 12.3. The van der Waals surface area contributed by atoms with Gasteiger partial charge in [-0.15, -0.1) is 0 Å². The SMILES string of the molecule is COc1cc2c(cc1NC(=O)COC(=O)c1cccnc1Cl)oc1ccccc12. The molecular weight excluding hydrogens is 396 g/mol. The summed E-state index contributed by atoms with van der Waals surface area (Å²) in [5, 5.41) is 4.49. The van der Waals surface area contributed by atoms with Gasteiger partial charge in [-0.1, -0.05) is 29.8 Å². The van der Waals surface area contributed by atoms with Gasteiger partial charge in [0.2, 0.25) is 0 Å². The molecular formula is C21H15ClN2O5. The minimum Gasteiger partial charge on any atom is -0.495 e. The molecule has 0 saturated heterocycles. The van der Waals surface area contributed by atoms with E-state index in [-0.39, 0.29) is 10.7 Å². The number of nitrogens with one attached hydrogen (secondary N) is 1. The average Bonchev–Trinajstić information content (AvgIpc) is 3.09. The Balaban J connectivity index is 1.52. The van der Waals surface area contributed by atoms with Gasteiger partial charge in [-0.25, -0.2) is 9.78 Å². The monoisotopic (exact) mass is 410 g/mol. The van der Waals surface area contributed by atoms with Gasteiger partial charge in [0, 0.05) is 23.0 Å². The Morgan fingerprint density at radius 3 is 2.72 bits per heavy atom. The van der Waals surface area contributed by atoms with Crippen molar-refractivity contribution in [2.24, 2.45) is 0 Å². The van der Waals surface area contributed by atoms with E-state index in [9.17, 15) is 9.59 Å². The van der Waals surface area contributed by atoms with Gasteiger partial charge in [-0.3, -0.25) is 4.79 Å². The Hall–Kier alpha value is -3.58. The number of methoxy groups -OCH3 is 1. The minimum atomic E-state index is -0.738. The molecule has 1 N–H and O–H groups in total. The largest absolute Gasteiger partial charge is 0.495 e. The number of aromatic nitrogens is 1. The molecule has 0 aliphatic carbocycles. The summed E-state index contributed by atoms with van der Waals surface area (Å²) < 4.78 is 16.2. The number of para-hydroxylation sites is 1. The van der Waals surface area contributed by atoms with Crippen molar-refractivity contribution in [3.05, 3.63) is 65.4 Å². The number of carbonyl (C=O) groups excluding carboxylic acids is 2. The van der Waals surface area contributed by atoms with Gasteiger partial charge in [-0.05, 0) is 24.3 Å². The number of nitrogens with zero attached hydrogens (tertiary/aromatic N) is 1. The van der Waals surface area contributed by atoms with Gasteiger partial charge < -0.3 is 19.2 Å². The van der Waals surface area contributed by atoms with Crippen molar-refractivity contribution in [1.82, 2.24) is 4.98 Å². The molecule has 4 rings (SSSR count). The number of hydrogen-bond donors (Lipinski definition) is 1. The van der Waals surface area contributed by atoms with Gasteiger partial charge in [0.15, 0.2) is 6.61 Å². The highest BCUT2D eigenvalue weighted by atomic mass is 35.5. The summed E-state index contributed by atoms with van der Waals surface area (Å²) in [4.78, 5) is 28.1. The van der Waals surface area contributed by atoms with Crippen LogP contribution < -0.4 is 10.1 Å². The molecule has 29 heavy (non-hydrogen) atoms. The Bertz CT molecular complexity index is 1230. The molecule has 0 spiro atoms. The van der Waals surface area contributed by atoms with Crippen LogP contribution in [-0.2, 0) is 9.53 Å². The van der Waals surface area contributed by atoms with Gasteiger partial charge in [-0.2, -0.15) is 0 Å². The summed E-state index contributed by atoms with van der Waals surface area (Å²) in [5.41, 5.74) is 1.82. The van der Waals surface area contributed by atoms with E-state index in [1.165, 1.54) is 19.4 Å². The number of ether oxygens (including phenoxy) is 2. The third-order valence-electron chi connectivity index (χ3n) is 4.29. The van der Waals surface area contributed by atoms with Crippen molar-refractivity contribution in [1.29, 1.82) is 0 Å². The fourth-order valence-electron chi connectivity index (χ4n) is 2.95.